The molecule has 0 fully saturated rings. The highest BCUT2D eigenvalue weighted by Crippen LogP contribution is 2.10. The lowest BCUT2D eigenvalue weighted by Gasteiger charge is -2.03. The highest BCUT2D eigenvalue weighted by atomic mass is 35.5. The standard InChI is InChI=1S/C8H8ClFN2O/c9-3-1-8(13)12-7-2-4-11-5-6(7)10/h2,4-5H,1,3H2,(H,11,12,13). The number of carbonyl (C=O) groups is 1. The van der Waals surface area contributed by atoms with E-state index in [1.807, 2.05) is 0 Å². The first kappa shape index (κ1) is 9.92. The van der Waals surface area contributed by atoms with E-state index in [0.29, 0.717) is 0 Å². The Hall–Kier alpha value is -1.16. The molecule has 1 aromatic heterocycles. The minimum atomic E-state index is -0.551. The Morgan fingerprint density at radius 3 is 3.08 bits per heavy atom. The molecule has 0 aliphatic heterocycles. The van der Waals surface area contributed by atoms with Crippen LogP contribution in [-0.2, 0) is 4.79 Å². The van der Waals surface area contributed by atoms with E-state index in [4.69, 9.17) is 11.6 Å². The summed E-state index contributed by atoms with van der Waals surface area (Å²) in [5, 5.41) is 2.37. The Bertz CT molecular complexity index is 306. The lowest BCUT2D eigenvalue weighted by molar-refractivity contribution is -0.115. The summed E-state index contributed by atoms with van der Waals surface area (Å²) in [6.45, 7) is 0. The molecular weight excluding hydrogens is 195 g/mol. The number of hydrogen-bond acceptors (Lipinski definition) is 2. The van der Waals surface area contributed by atoms with E-state index in [9.17, 15) is 9.18 Å². The summed E-state index contributed by atoms with van der Waals surface area (Å²) in [6.07, 6.45) is 2.61. The summed E-state index contributed by atoms with van der Waals surface area (Å²) in [5.41, 5.74) is 0.130. The van der Waals surface area contributed by atoms with Gasteiger partial charge in [0.05, 0.1) is 11.9 Å². The molecule has 1 heterocycles. The zero-order valence-corrected chi connectivity index (χ0v) is 7.51. The maximum Gasteiger partial charge on any atom is 0.225 e. The molecule has 13 heavy (non-hydrogen) atoms. The van der Waals surface area contributed by atoms with Gasteiger partial charge in [-0.05, 0) is 6.07 Å². The fourth-order valence-electron chi connectivity index (χ4n) is 0.775. The van der Waals surface area contributed by atoms with Crippen molar-refractivity contribution in [1.29, 1.82) is 0 Å². The normalized spacial score (nSPS) is 9.69. The Balaban J connectivity index is 2.63. The lowest BCUT2D eigenvalue weighted by Crippen LogP contribution is -2.12. The molecule has 0 spiro atoms. The lowest BCUT2D eigenvalue weighted by atomic mass is 10.3. The van der Waals surface area contributed by atoms with Crippen molar-refractivity contribution in [1.82, 2.24) is 4.98 Å². The van der Waals surface area contributed by atoms with Gasteiger partial charge in [0.15, 0.2) is 5.82 Å². The average Bonchev–Trinajstić information content (AvgIpc) is 2.09. The molecule has 1 aromatic rings. The van der Waals surface area contributed by atoms with E-state index >= 15 is 0 Å². The van der Waals surface area contributed by atoms with E-state index in [-0.39, 0.29) is 23.9 Å². The van der Waals surface area contributed by atoms with Crippen LogP contribution in [0.25, 0.3) is 0 Å². The van der Waals surface area contributed by atoms with Crippen molar-refractivity contribution in [3.8, 4) is 0 Å². The molecular formula is C8H8ClFN2O. The van der Waals surface area contributed by atoms with Gasteiger partial charge in [0.1, 0.15) is 0 Å². The highest BCUT2D eigenvalue weighted by Gasteiger charge is 2.04. The summed E-state index contributed by atoms with van der Waals surface area (Å²) in [7, 11) is 0. The van der Waals surface area contributed by atoms with E-state index in [1.54, 1.807) is 0 Å². The first-order valence-electron chi connectivity index (χ1n) is 3.69. The number of nitrogens with one attached hydrogen (secondary N) is 1. The van der Waals surface area contributed by atoms with Crippen LogP contribution in [0.15, 0.2) is 18.5 Å². The largest absolute Gasteiger partial charge is 0.323 e. The molecule has 1 amide bonds. The number of rotatable bonds is 3. The molecule has 0 unspecified atom stereocenters. The van der Waals surface area contributed by atoms with Crippen LogP contribution < -0.4 is 5.32 Å². The number of nitrogens with zero attached hydrogens (tertiary/aromatic N) is 1. The maximum absolute atomic E-state index is 12.9. The van der Waals surface area contributed by atoms with Crippen LogP contribution in [0.3, 0.4) is 0 Å². The van der Waals surface area contributed by atoms with Crippen molar-refractivity contribution in [2.45, 2.75) is 6.42 Å². The van der Waals surface area contributed by atoms with Crippen LogP contribution in [0.4, 0.5) is 10.1 Å². The summed E-state index contributed by atoms with van der Waals surface area (Å²) in [5.74, 6) is -0.635. The van der Waals surface area contributed by atoms with Crippen LogP contribution in [-0.4, -0.2) is 16.8 Å². The molecule has 0 saturated heterocycles. The van der Waals surface area contributed by atoms with Gasteiger partial charge >= 0.3 is 0 Å². The highest BCUT2D eigenvalue weighted by molar-refractivity contribution is 6.19. The Morgan fingerprint density at radius 1 is 1.69 bits per heavy atom. The number of pyridine rings is 1. The summed E-state index contributed by atoms with van der Waals surface area (Å²) >= 11 is 5.34. The van der Waals surface area contributed by atoms with Gasteiger partial charge in [-0.1, -0.05) is 0 Å². The summed E-state index contributed by atoms with van der Waals surface area (Å²) < 4.78 is 12.9. The number of carbonyl (C=O) groups excluding carboxylic acids is 1. The van der Waals surface area contributed by atoms with Crippen molar-refractivity contribution in [3.63, 3.8) is 0 Å². The number of hydrogen-bond donors (Lipinski definition) is 1. The van der Waals surface area contributed by atoms with Crippen molar-refractivity contribution < 1.29 is 9.18 Å². The fourth-order valence-corrected chi connectivity index (χ4v) is 0.947. The molecule has 0 aromatic carbocycles. The predicted molar refractivity (Wildman–Crippen MR) is 48.2 cm³/mol. The molecule has 5 heteroatoms. The number of alkyl halides is 1. The predicted octanol–water partition coefficient (Wildman–Crippen LogP) is 1.79. The van der Waals surface area contributed by atoms with E-state index < -0.39 is 5.82 Å². The zero-order valence-electron chi connectivity index (χ0n) is 6.76. The monoisotopic (exact) mass is 202 g/mol. The molecule has 0 aliphatic rings. The van der Waals surface area contributed by atoms with Gasteiger partial charge in [0, 0.05) is 18.5 Å². The van der Waals surface area contributed by atoms with Crippen molar-refractivity contribution >= 4 is 23.2 Å². The molecule has 0 atom stereocenters. The molecule has 1 N–H and O–H groups in total. The second-order valence-electron chi connectivity index (χ2n) is 2.34. The van der Waals surface area contributed by atoms with Gasteiger partial charge in [-0.2, -0.15) is 0 Å². The van der Waals surface area contributed by atoms with Crippen LogP contribution in [0, 0.1) is 5.82 Å². The number of halogens is 2. The number of anilines is 1. The molecule has 0 aliphatic carbocycles. The van der Waals surface area contributed by atoms with Crippen LogP contribution in [0.5, 0.6) is 0 Å². The Morgan fingerprint density at radius 2 is 2.46 bits per heavy atom. The minimum absolute atomic E-state index is 0.130. The third kappa shape index (κ3) is 2.99. The first-order valence-corrected chi connectivity index (χ1v) is 4.23. The smallest absolute Gasteiger partial charge is 0.225 e. The second-order valence-corrected chi connectivity index (χ2v) is 2.72. The zero-order chi connectivity index (χ0) is 9.68. The maximum atomic E-state index is 12.9. The molecule has 1 rings (SSSR count). The molecule has 0 saturated carbocycles. The number of aromatic nitrogens is 1. The van der Waals surface area contributed by atoms with Gasteiger partial charge in [-0.25, -0.2) is 4.39 Å². The molecule has 3 nitrogen and oxygen atoms in total. The van der Waals surface area contributed by atoms with Gasteiger partial charge in [-0.3, -0.25) is 9.78 Å². The van der Waals surface area contributed by atoms with Gasteiger partial charge in [0.25, 0.3) is 0 Å². The number of amides is 1. The fraction of sp³-hybridized carbons (Fsp3) is 0.250. The van der Waals surface area contributed by atoms with Crippen molar-refractivity contribution in [3.05, 3.63) is 24.3 Å². The second kappa shape index (κ2) is 4.77. The van der Waals surface area contributed by atoms with Gasteiger partial charge in [0.2, 0.25) is 5.91 Å². The van der Waals surface area contributed by atoms with Gasteiger partial charge < -0.3 is 5.32 Å². The molecule has 0 bridgehead atoms. The summed E-state index contributed by atoms with van der Waals surface area (Å²) in [4.78, 5) is 14.5. The van der Waals surface area contributed by atoms with Gasteiger partial charge in [-0.15, -0.1) is 11.6 Å². The quantitative estimate of drug-likeness (QED) is 0.760. The van der Waals surface area contributed by atoms with Crippen molar-refractivity contribution in [2.24, 2.45) is 0 Å². The van der Waals surface area contributed by atoms with Crippen LogP contribution in [0.1, 0.15) is 6.42 Å². The van der Waals surface area contributed by atoms with Crippen molar-refractivity contribution in [2.75, 3.05) is 11.2 Å². The van der Waals surface area contributed by atoms with E-state index in [1.165, 1.54) is 12.3 Å². The SMILES string of the molecule is O=C(CCCl)Nc1ccncc1F. The third-order valence-corrected chi connectivity index (χ3v) is 1.56. The average molecular weight is 203 g/mol. The minimum Gasteiger partial charge on any atom is -0.323 e. The molecule has 70 valence electrons. The third-order valence-electron chi connectivity index (χ3n) is 1.37. The topological polar surface area (TPSA) is 42.0 Å². The summed E-state index contributed by atoms with van der Waals surface area (Å²) in [6, 6.07) is 1.39. The van der Waals surface area contributed by atoms with Crippen LogP contribution in [0.2, 0.25) is 0 Å². The molecule has 0 radical (unpaired) electrons. The van der Waals surface area contributed by atoms with Crippen LogP contribution >= 0.6 is 11.6 Å². The van der Waals surface area contributed by atoms with E-state index in [2.05, 4.69) is 10.3 Å². The first-order chi connectivity index (χ1) is 6.24. The van der Waals surface area contributed by atoms with E-state index in [0.717, 1.165) is 6.20 Å². The Kier molecular flexibility index (Phi) is 3.64. The Labute approximate surface area is 79.9 Å².